The molecule has 0 spiro atoms. The second-order valence-electron chi connectivity index (χ2n) is 21.0. The van der Waals surface area contributed by atoms with Crippen LogP contribution in [0.1, 0.15) is 67.2 Å². The number of pyridine rings is 1. The van der Waals surface area contributed by atoms with Gasteiger partial charge in [0, 0.05) is 107 Å². The number of hydrogen-bond donors (Lipinski definition) is 5. The lowest BCUT2D eigenvalue weighted by atomic mass is 9.85. The van der Waals surface area contributed by atoms with Crippen molar-refractivity contribution in [2.24, 2.45) is 5.41 Å². The fraction of sp³-hybridized carbons (Fsp3) is 0.418. The molecule has 3 aromatic carbocycles. The van der Waals surface area contributed by atoms with Crippen LogP contribution in [0, 0.1) is 24.0 Å². The molecule has 23 heteroatoms. The second kappa shape index (κ2) is 23.7. The Morgan fingerprint density at radius 3 is 2.35 bits per heavy atom. The Balaban J connectivity index is 0.719. The molecule has 0 aliphatic carbocycles. The Kier molecular flexibility index (Phi) is 17.0. The number of nitrogens with one attached hydrogen (secondary N) is 4. The number of hydrogen-bond acceptors (Lipinski definition) is 13. The van der Waals surface area contributed by atoms with Gasteiger partial charge < -0.3 is 35.3 Å². The molecule has 3 fully saturated rings. The molecule has 6 aromatic rings. The lowest BCUT2D eigenvalue weighted by Gasteiger charge is -2.36. The van der Waals surface area contributed by atoms with E-state index < -0.39 is 87.0 Å². The van der Waals surface area contributed by atoms with Gasteiger partial charge in [0.1, 0.15) is 36.3 Å². The van der Waals surface area contributed by atoms with Crippen LogP contribution < -0.4 is 20.3 Å². The molecule has 2 unspecified atom stereocenters. The quantitative estimate of drug-likeness (QED) is 0.0452. The number of anilines is 2. The minimum atomic E-state index is -4.38. The number of halogens is 3. The molecular weight excluding hydrogens is 1050 g/mol. The number of amides is 3. The number of carbonyl (C=O) groups is 4. The minimum Gasteiger partial charge on any atom is -0.391 e. The third-order valence-corrected chi connectivity index (χ3v) is 16.9. The van der Waals surface area contributed by atoms with Crippen molar-refractivity contribution in [3.05, 3.63) is 119 Å². The summed E-state index contributed by atoms with van der Waals surface area (Å²) in [6.07, 6.45) is 1.41. The van der Waals surface area contributed by atoms with Gasteiger partial charge in [-0.3, -0.25) is 28.8 Å². The maximum Gasteiger partial charge on any atom is 0.301 e. The largest absolute Gasteiger partial charge is 0.391 e. The molecule has 5 N–H and O–H groups in total. The summed E-state index contributed by atoms with van der Waals surface area (Å²) in [7, 11) is -4.38. The zero-order valence-electron chi connectivity index (χ0n) is 43.7. The van der Waals surface area contributed by atoms with Crippen LogP contribution in [0.5, 0.6) is 0 Å². The van der Waals surface area contributed by atoms with Crippen LogP contribution >= 0.6 is 11.3 Å². The Morgan fingerprint density at radius 2 is 1.67 bits per heavy atom. The Hall–Kier alpha value is -6.76. The molecular formula is C55H63F3N10O8S2. The Bertz CT molecular complexity index is 3270. The van der Waals surface area contributed by atoms with Crippen LogP contribution in [0.4, 0.5) is 24.5 Å². The third-order valence-electron chi connectivity index (χ3n) is 14.4. The van der Waals surface area contributed by atoms with Crippen molar-refractivity contribution in [3.63, 3.8) is 0 Å². The summed E-state index contributed by atoms with van der Waals surface area (Å²) in [5, 5.41) is 16.7. The number of thiazole rings is 1. The van der Waals surface area contributed by atoms with Gasteiger partial charge in [-0.2, -0.15) is 12.7 Å². The van der Waals surface area contributed by atoms with E-state index >= 15 is 8.78 Å². The summed E-state index contributed by atoms with van der Waals surface area (Å²) in [5.41, 5.74) is 5.01. The molecule has 78 heavy (non-hydrogen) atoms. The number of aliphatic hydroxyl groups excluding tert-OH is 1. The number of rotatable bonds is 19. The Morgan fingerprint density at radius 1 is 0.936 bits per heavy atom. The molecule has 0 saturated carbocycles. The first-order chi connectivity index (χ1) is 37.2. The number of benzene rings is 3. The highest BCUT2D eigenvalue weighted by molar-refractivity contribution is 7.90. The summed E-state index contributed by atoms with van der Waals surface area (Å²) in [5.74, 6) is -4.91. The number of aromatic nitrogens is 3. The van der Waals surface area contributed by atoms with Gasteiger partial charge in [0.05, 0.1) is 33.4 Å². The average Bonchev–Trinajstić information content (AvgIpc) is 4.25. The summed E-state index contributed by atoms with van der Waals surface area (Å²) >= 11 is 1.56. The van der Waals surface area contributed by atoms with E-state index in [1.54, 1.807) is 29.1 Å². The standard InChI is InChI=1S/C55H63F3N10O8S2/c1-33-50(77-32-62-33)36-8-6-34(7-9-36)26-61-53(72)45-25-40(69)30-68(45)54(73)51(55(2,3)4)63-46(70)31-76-23-5-17-65-19-21-66(22-20-65)39-12-10-35(11-13-39)37-24-41-42(28-60-52(41)59-27-37)49(71)47-43(57)14-15-44(48(47)58)64-78(74,75)67-18-16-38(56)29-67/h6-15,24,27-28,32,38,40,45,51,64,69H,5,16-23,25-26,29-31H2,1-4H3,(H,59,60)(H,61,72)(H,63,70)/t38?,40-,45+,51?/m1/s1. The molecule has 3 amide bonds. The third kappa shape index (κ3) is 12.7. The number of H-pyrrole nitrogens is 1. The number of ketones is 1. The molecule has 6 heterocycles. The molecule has 18 nitrogen and oxygen atoms in total. The maximum absolute atomic E-state index is 15.8. The van der Waals surface area contributed by atoms with Crippen LogP contribution in [0.2, 0.25) is 0 Å². The van der Waals surface area contributed by atoms with Gasteiger partial charge in [-0.25, -0.2) is 23.1 Å². The number of fused-ring (bicyclic) bond motifs is 1. The zero-order valence-corrected chi connectivity index (χ0v) is 45.4. The predicted molar refractivity (Wildman–Crippen MR) is 291 cm³/mol. The molecule has 4 atom stereocenters. The van der Waals surface area contributed by atoms with Gasteiger partial charge in [0.15, 0.2) is 5.82 Å². The molecule has 3 aliphatic rings. The van der Waals surface area contributed by atoms with E-state index in [0.717, 1.165) is 82.1 Å². The van der Waals surface area contributed by atoms with Crippen LogP contribution in [-0.2, 0) is 35.9 Å². The topological polar surface area (TPSA) is 222 Å². The number of aromatic amines is 1. The van der Waals surface area contributed by atoms with E-state index in [0.29, 0.717) is 29.6 Å². The van der Waals surface area contributed by atoms with Crippen molar-refractivity contribution in [2.45, 2.75) is 77.9 Å². The highest BCUT2D eigenvalue weighted by Crippen LogP contribution is 2.33. The number of ether oxygens (including phenoxy) is 1. The van der Waals surface area contributed by atoms with E-state index in [4.69, 9.17) is 4.74 Å². The van der Waals surface area contributed by atoms with Crippen LogP contribution in [-0.4, -0.2) is 156 Å². The average molecular weight is 1110 g/mol. The van der Waals surface area contributed by atoms with Crippen molar-refractivity contribution in [2.75, 3.05) is 75.2 Å². The predicted octanol–water partition coefficient (Wildman–Crippen LogP) is 6.21. The van der Waals surface area contributed by atoms with Crippen molar-refractivity contribution in [3.8, 4) is 21.6 Å². The molecule has 3 aromatic heterocycles. The number of aryl methyl sites for hydroxylation is 1. The summed E-state index contributed by atoms with van der Waals surface area (Å²) < 4.78 is 79.0. The van der Waals surface area contributed by atoms with Crippen molar-refractivity contribution >= 4 is 67.5 Å². The molecule has 0 radical (unpaired) electrons. The normalized spacial score (nSPS) is 18.8. The number of nitrogens with zero attached hydrogens (tertiary/aromatic N) is 6. The molecule has 0 bridgehead atoms. The number of piperazine rings is 1. The van der Waals surface area contributed by atoms with E-state index in [9.17, 15) is 37.1 Å². The van der Waals surface area contributed by atoms with Gasteiger partial charge >= 0.3 is 10.2 Å². The number of likely N-dealkylation sites (tertiary alicyclic amines) is 1. The van der Waals surface area contributed by atoms with E-state index in [-0.39, 0.29) is 50.6 Å². The maximum atomic E-state index is 15.8. The lowest BCUT2D eigenvalue weighted by Crippen LogP contribution is -2.58. The fourth-order valence-corrected chi connectivity index (χ4v) is 12.1. The van der Waals surface area contributed by atoms with Crippen LogP contribution in [0.3, 0.4) is 0 Å². The molecule has 414 valence electrons. The monoisotopic (exact) mass is 1110 g/mol. The molecule has 3 aliphatic heterocycles. The van der Waals surface area contributed by atoms with Gasteiger partial charge in [0.2, 0.25) is 23.5 Å². The SMILES string of the molecule is Cc1ncsc1-c1ccc(CNC(=O)[C@@H]2C[C@@H](O)CN2C(=O)C(NC(=O)COCCCN2CCN(c3ccc(-c4cnc5[nH]cc(C(=O)c6c(F)ccc(NS(=O)(=O)N7CCC(F)C7)c6F)c5c4)cc3)CC2)C(C)(C)C)cc1. The lowest BCUT2D eigenvalue weighted by molar-refractivity contribution is -0.144. The zero-order chi connectivity index (χ0) is 55.5. The van der Waals surface area contributed by atoms with Crippen LogP contribution in [0.25, 0.3) is 32.6 Å². The van der Waals surface area contributed by atoms with E-state index in [1.165, 1.54) is 11.1 Å². The van der Waals surface area contributed by atoms with Gasteiger partial charge in [-0.1, -0.05) is 57.2 Å². The summed E-state index contributed by atoms with van der Waals surface area (Å²) in [4.78, 5) is 73.2. The van der Waals surface area contributed by atoms with E-state index in [1.807, 2.05) is 80.9 Å². The summed E-state index contributed by atoms with van der Waals surface area (Å²) in [6.45, 7) is 11.1. The van der Waals surface area contributed by atoms with Crippen molar-refractivity contribution in [1.82, 2.24) is 39.7 Å². The van der Waals surface area contributed by atoms with Gasteiger partial charge in [0.25, 0.3) is 0 Å². The molecule has 9 rings (SSSR count). The Labute approximate surface area is 454 Å². The van der Waals surface area contributed by atoms with Crippen molar-refractivity contribution < 1.29 is 50.6 Å². The minimum absolute atomic E-state index is 0.00967. The van der Waals surface area contributed by atoms with Gasteiger partial charge in [-0.05, 0) is 72.2 Å². The smallest absolute Gasteiger partial charge is 0.301 e. The highest BCUT2D eigenvalue weighted by atomic mass is 32.2. The summed E-state index contributed by atoms with van der Waals surface area (Å²) in [6, 6.07) is 17.1. The first-order valence-electron chi connectivity index (χ1n) is 25.9. The first kappa shape index (κ1) is 56.0. The van der Waals surface area contributed by atoms with E-state index in [2.05, 4.69) is 35.4 Å². The number of carbonyl (C=O) groups excluding carboxylic acids is 4. The van der Waals surface area contributed by atoms with Crippen molar-refractivity contribution in [1.29, 1.82) is 0 Å². The number of alkyl halides is 1. The highest BCUT2D eigenvalue weighted by Gasteiger charge is 2.44. The van der Waals surface area contributed by atoms with Crippen LogP contribution in [0.15, 0.2) is 84.6 Å². The number of β-amino-alcohol motifs (C(OH)–C–C–N with tert-alkyl or cyclic N) is 1. The first-order valence-corrected chi connectivity index (χ1v) is 28.2. The number of aliphatic hydroxyl groups is 1. The second-order valence-corrected chi connectivity index (χ2v) is 23.5. The fourth-order valence-electron chi connectivity index (χ4n) is 10.1. The van der Waals surface area contributed by atoms with Gasteiger partial charge in [-0.15, -0.1) is 11.3 Å². The molecule has 3 saturated heterocycles.